The highest BCUT2D eigenvalue weighted by molar-refractivity contribution is 6.23. The fraction of sp³-hybridized carbons (Fsp3) is 0.917. The molecule has 1 aliphatic rings. The Morgan fingerprint density at radius 3 is 2.44 bits per heavy atom. The van der Waals surface area contributed by atoms with Crippen molar-refractivity contribution in [3.63, 3.8) is 0 Å². The first-order chi connectivity index (χ1) is 7.11. The van der Waals surface area contributed by atoms with Gasteiger partial charge in [0.25, 0.3) is 0 Å². The molecule has 0 heterocycles. The van der Waals surface area contributed by atoms with Crippen molar-refractivity contribution in [1.82, 2.24) is 0 Å². The number of alkyl halides is 1. The normalized spacial score (nSPS) is 39.8. The summed E-state index contributed by atoms with van der Waals surface area (Å²) in [7, 11) is 1.38. The fourth-order valence-corrected chi connectivity index (χ4v) is 2.88. The number of hydrogen-bond donors (Lipinski definition) is 1. The quantitative estimate of drug-likeness (QED) is 0.602. The average Bonchev–Trinajstić information content (AvgIpc) is 2.37. The molecule has 94 valence electrons. The molecule has 1 saturated carbocycles. The van der Waals surface area contributed by atoms with E-state index in [1.54, 1.807) is 6.92 Å². The predicted octanol–water partition coefficient (Wildman–Crippen LogP) is 2.20. The van der Waals surface area contributed by atoms with Gasteiger partial charge in [-0.05, 0) is 39.0 Å². The lowest BCUT2D eigenvalue weighted by atomic mass is 9.82. The molecule has 4 atom stereocenters. The number of rotatable bonds is 2. The molecule has 0 aromatic carbocycles. The fourth-order valence-electron chi connectivity index (χ4n) is 2.67. The highest BCUT2D eigenvalue weighted by Crippen LogP contribution is 2.50. The summed E-state index contributed by atoms with van der Waals surface area (Å²) >= 11 is 6.31. The van der Waals surface area contributed by atoms with Gasteiger partial charge in [0.05, 0.1) is 18.6 Å². The molecule has 0 radical (unpaired) electrons. The van der Waals surface area contributed by atoms with Crippen molar-refractivity contribution < 1.29 is 14.6 Å². The molecular weight excluding hydrogens is 228 g/mol. The van der Waals surface area contributed by atoms with Crippen LogP contribution < -0.4 is 0 Å². The molecule has 0 unspecified atom stereocenters. The molecule has 1 rings (SSSR count). The van der Waals surface area contributed by atoms with Gasteiger partial charge in [-0.25, -0.2) is 0 Å². The number of ether oxygens (including phenoxy) is 1. The third-order valence-electron chi connectivity index (χ3n) is 3.94. The van der Waals surface area contributed by atoms with Crippen LogP contribution in [0, 0.1) is 17.8 Å². The van der Waals surface area contributed by atoms with Gasteiger partial charge >= 0.3 is 5.97 Å². The van der Waals surface area contributed by atoms with Crippen molar-refractivity contribution in [2.45, 2.75) is 44.6 Å². The van der Waals surface area contributed by atoms with Gasteiger partial charge < -0.3 is 9.84 Å². The Morgan fingerprint density at radius 1 is 1.56 bits per heavy atom. The second-order valence-corrected chi connectivity index (χ2v) is 6.54. The summed E-state index contributed by atoms with van der Waals surface area (Å²) in [4.78, 5) is 11.3. The van der Waals surface area contributed by atoms with E-state index in [9.17, 15) is 9.90 Å². The van der Waals surface area contributed by atoms with E-state index in [1.807, 2.05) is 20.8 Å². The Balaban J connectivity index is 3.05. The largest absolute Gasteiger partial charge is 0.469 e. The van der Waals surface area contributed by atoms with Crippen LogP contribution in [-0.2, 0) is 9.53 Å². The molecule has 4 heteroatoms. The Labute approximate surface area is 102 Å². The molecule has 1 N–H and O–H groups in total. The molecule has 0 aromatic rings. The van der Waals surface area contributed by atoms with Crippen LogP contribution in [0.15, 0.2) is 0 Å². The number of carbonyl (C=O) groups excluding carboxylic acids is 1. The van der Waals surface area contributed by atoms with Gasteiger partial charge in [0.1, 0.15) is 0 Å². The van der Waals surface area contributed by atoms with E-state index >= 15 is 0 Å². The molecule has 0 aliphatic heterocycles. The van der Waals surface area contributed by atoms with E-state index < -0.39 is 10.5 Å². The molecule has 0 spiro atoms. The third kappa shape index (κ3) is 2.35. The molecule has 1 aliphatic carbocycles. The molecule has 0 bridgehead atoms. The zero-order chi connectivity index (χ0) is 12.7. The van der Waals surface area contributed by atoms with Gasteiger partial charge in [-0.2, -0.15) is 0 Å². The van der Waals surface area contributed by atoms with Crippen LogP contribution in [-0.4, -0.2) is 28.7 Å². The molecule has 16 heavy (non-hydrogen) atoms. The van der Waals surface area contributed by atoms with E-state index in [1.165, 1.54) is 7.11 Å². The van der Waals surface area contributed by atoms with E-state index in [0.29, 0.717) is 6.42 Å². The molecule has 0 saturated heterocycles. The smallest absolute Gasteiger partial charge is 0.309 e. The first kappa shape index (κ1) is 13.8. The van der Waals surface area contributed by atoms with E-state index in [-0.39, 0.29) is 23.7 Å². The summed E-state index contributed by atoms with van der Waals surface area (Å²) in [5.74, 6) is -0.800. The van der Waals surface area contributed by atoms with Crippen molar-refractivity contribution in [2.75, 3.05) is 7.11 Å². The zero-order valence-corrected chi connectivity index (χ0v) is 11.3. The SMILES string of the molecule is COC(=O)[C@H]1[C@H](C(C)(C)Cl)C[C@](C)(O)[C@@H]1C. The van der Waals surface area contributed by atoms with Crippen LogP contribution in [0.25, 0.3) is 0 Å². The van der Waals surface area contributed by atoms with Gasteiger partial charge in [-0.3, -0.25) is 4.79 Å². The Morgan fingerprint density at radius 2 is 2.06 bits per heavy atom. The van der Waals surface area contributed by atoms with Crippen molar-refractivity contribution >= 4 is 17.6 Å². The van der Waals surface area contributed by atoms with Crippen LogP contribution in [0.2, 0.25) is 0 Å². The summed E-state index contributed by atoms with van der Waals surface area (Å²) < 4.78 is 4.81. The van der Waals surface area contributed by atoms with Crippen LogP contribution >= 0.6 is 11.6 Å². The van der Waals surface area contributed by atoms with Crippen molar-refractivity contribution in [2.24, 2.45) is 17.8 Å². The number of aliphatic hydroxyl groups is 1. The highest BCUT2D eigenvalue weighted by Gasteiger charge is 2.55. The van der Waals surface area contributed by atoms with Gasteiger partial charge in [0, 0.05) is 4.87 Å². The lowest BCUT2D eigenvalue weighted by molar-refractivity contribution is -0.149. The number of carbonyl (C=O) groups is 1. The van der Waals surface area contributed by atoms with Crippen LogP contribution in [0.3, 0.4) is 0 Å². The third-order valence-corrected chi connectivity index (χ3v) is 4.22. The molecule has 1 fully saturated rings. The topological polar surface area (TPSA) is 46.5 Å². The lowest BCUT2D eigenvalue weighted by Crippen LogP contribution is -2.35. The van der Waals surface area contributed by atoms with Crippen LogP contribution in [0.1, 0.15) is 34.1 Å². The minimum absolute atomic E-state index is 0.0633. The van der Waals surface area contributed by atoms with E-state index in [4.69, 9.17) is 16.3 Å². The maximum atomic E-state index is 11.8. The number of methoxy groups -OCH3 is 1. The molecule has 0 amide bonds. The maximum Gasteiger partial charge on any atom is 0.309 e. The minimum atomic E-state index is -0.852. The second kappa shape index (κ2) is 4.19. The Bertz CT molecular complexity index is 280. The summed E-state index contributed by atoms with van der Waals surface area (Å²) in [6, 6.07) is 0. The molecule has 3 nitrogen and oxygen atoms in total. The number of hydrogen-bond acceptors (Lipinski definition) is 3. The van der Waals surface area contributed by atoms with Gasteiger partial charge in [0.2, 0.25) is 0 Å². The molecule has 0 aromatic heterocycles. The predicted molar refractivity (Wildman–Crippen MR) is 63.3 cm³/mol. The summed E-state index contributed by atoms with van der Waals surface area (Å²) in [6.07, 6.45) is 0.532. The Kier molecular flexibility index (Phi) is 3.61. The van der Waals surface area contributed by atoms with Crippen molar-refractivity contribution in [1.29, 1.82) is 0 Å². The standard InChI is InChI=1S/C12H21ClO3/c1-7-9(10(14)16-5)8(11(2,3)13)6-12(7,4)15/h7-9,15H,6H2,1-5H3/t7-,8-,9-,12+/m1/s1. The lowest BCUT2D eigenvalue weighted by Gasteiger charge is -2.29. The van der Waals surface area contributed by atoms with Crippen molar-refractivity contribution in [3.8, 4) is 0 Å². The maximum absolute atomic E-state index is 11.8. The van der Waals surface area contributed by atoms with Gasteiger partial charge in [0.15, 0.2) is 0 Å². The summed E-state index contributed by atoms with van der Waals surface area (Å²) in [5, 5.41) is 10.2. The number of esters is 1. The number of halogens is 1. The first-order valence-electron chi connectivity index (χ1n) is 5.60. The summed E-state index contributed by atoms with van der Waals surface area (Å²) in [5.41, 5.74) is -0.852. The first-order valence-corrected chi connectivity index (χ1v) is 5.98. The highest BCUT2D eigenvalue weighted by atomic mass is 35.5. The Hall–Kier alpha value is -0.280. The van der Waals surface area contributed by atoms with Crippen LogP contribution in [0.4, 0.5) is 0 Å². The zero-order valence-electron chi connectivity index (χ0n) is 10.6. The minimum Gasteiger partial charge on any atom is -0.469 e. The monoisotopic (exact) mass is 248 g/mol. The van der Waals surface area contributed by atoms with E-state index in [0.717, 1.165) is 0 Å². The second-order valence-electron chi connectivity index (χ2n) is 5.57. The van der Waals surface area contributed by atoms with Gasteiger partial charge in [-0.15, -0.1) is 11.6 Å². The van der Waals surface area contributed by atoms with Gasteiger partial charge in [-0.1, -0.05) is 6.92 Å². The summed E-state index contributed by atoms with van der Waals surface area (Å²) in [6.45, 7) is 7.40. The van der Waals surface area contributed by atoms with Crippen molar-refractivity contribution in [3.05, 3.63) is 0 Å². The molecular formula is C12H21ClO3. The average molecular weight is 249 g/mol. The van der Waals surface area contributed by atoms with Crippen LogP contribution in [0.5, 0.6) is 0 Å². The van der Waals surface area contributed by atoms with E-state index in [2.05, 4.69) is 0 Å².